The van der Waals surface area contributed by atoms with Crippen molar-refractivity contribution in [2.75, 3.05) is 32.7 Å². The molecule has 0 spiro atoms. The minimum atomic E-state index is -3.55. The number of piperidine rings is 1. The second-order valence-electron chi connectivity index (χ2n) is 4.70. The maximum atomic E-state index is 12.5. The van der Waals surface area contributed by atoms with Crippen LogP contribution in [0, 0.1) is 0 Å². The fraction of sp³-hybridized carbons (Fsp3) is 0.900. The average molecular weight is 276 g/mol. The molecule has 2 saturated heterocycles. The lowest BCUT2D eigenvalue weighted by Gasteiger charge is -2.37. The number of carbonyl (C=O) groups is 1. The molecule has 2 rings (SSSR count). The predicted molar refractivity (Wildman–Crippen MR) is 66.9 cm³/mol. The minimum absolute atomic E-state index is 0.294. The standard InChI is InChI=1S/C10H20N4O3S/c11-10(15)9-8-12-4-7-14(9)18(16,17)13-5-2-1-3-6-13/h9,12H,1-8H2,(H2,11,15). The quantitative estimate of drug-likeness (QED) is 0.654. The lowest BCUT2D eigenvalue weighted by atomic mass is 10.2. The van der Waals surface area contributed by atoms with Gasteiger partial charge in [0.05, 0.1) is 0 Å². The van der Waals surface area contributed by atoms with Gasteiger partial charge in [0.1, 0.15) is 6.04 Å². The van der Waals surface area contributed by atoms with Gasteiger partial charge in [-0.3, -0.25) is 4.79 Å². The van der Waals surface area contributed by atoms with E-state index in [1.807, 2.05) is 0 Å². The lowest BCUT2D eigenvalue weighted by Crippen LogP contribution is -2.61. The number of carbonyl (C=O) groups excluding carboxylic acids is 1. The van der Waals surface area contributed by atoms with Crippen LogP contribution in [0.1, 0.15) is 19.3 Å². The van der Waals surface area contributed by atoms with Gasteiger partial charge in [-0.05, 0) is 12.8 Å². The molecule has 2 heterocycles. The highest BCUT2D eigenvalue weighted by Gasteiger charge is 2.39. The van der Waals surface area contributed by atoms with Crippen molar-refractivity contribution in [2.24, 2.45) is 5.73 Å². The monoisotopic (exact) mass is 276 g/mol. The molecular weight excluding hydrogens is 256 g/mol. The molecule has 0 aliphatic carbocycles. The molecule has 1 atom stereocenters. The number of piperazine rings is 1. The first kappa shape index (κ1) is 13.7. The van der Waals surface area contributed by atoms with E-state index in [4.69, 9.17) is 5.73 Å². The van der Waals surface area contributed by atoms with E-state index in [0.29, 0.717) is 32.7 Å². The Kier molecular flexibility index (Phi) is 4.21. The van der Waals surface area contributed by atoms with Crippen molar-refractivity contribution in [3.63, 3.8) is 0 Å². The Morgan fingerprint density at radius 2 is 1.83 bits per heavy atom. The number of rotatable bonds is 3. The maximum Gasteiger partial charge on any atom is 0.282 e. The van der Waals surface area contributed by atoms with Crippen LogP contribution in [0.5, 0.6) is 0 Å². The topological polar surface area (TPSA) is 95.7 Å². The molecule has 0 bridgehead atoms. The predicted octanol–water partition coefficient (Wildman–Crippen LogP) is -1.52. The summed E-state index contributed by atoms with van der Waals surface area (Å²) in [5.74, 6) is -0.595. The van der Waals surface area contributed by atoms with Gasteiger partial charge in [-0.25, -0.2) is 0 Å². The molecule has 2 aliphatic rings. The Morgan fingerprint density at radius 1 is 1.17 bits per heavy atom. The van der Waals surface area contributed by atoms with Gasteiger partial charge in [0.2, 0.25) is 5.91 Å². The number of hydrogen-bond acceptors (Lipinski definition) is 4. The Balaban J connectivity index is 2.18. The fourth-order valence-corrected chi connectivity index (χ4v) is 4.29. The van der Waals surface area contributed by atoms with Crippen molar-refractivity contribution < 1.29 is 13.2 Å². The van der Waals surface area contributed by atoms with Gasteiger partial charge >= 0.3 is 0 Å². The second kappa shape index (κ2) is 5.52. The molecule has 0 aromatic heterocycles. The number of amides is 1. The Morgan fingerprint density at radius 3 is 2.44 bits per heavy atom. The summed E-state index contributed by atoms with van der Waals surface area (Å²) in [5, 5.41) is 3.00. The molecule has 2 aliphatic heterocycles. The van der Waals surface area contributed by atoms with E-state index in [1.165, 1.54) is 8.61 Å². The fourth-order valence-electron chi connectivity index (χ4n) is 2.45. The molecule has 7 nitrogen and oxygen atoms in total. The van der Waals surface area contributed by atoms with Crippen LogP contribution in [0.2, 0.25) is 0 Å². The van der Waals surface area contributed by atoms with Gasteiger partial charge in [0.15, 0.2) is 0 Å². The van der Waals surface area contributed by atoms with Crippen LogP contribution in [0.15, 0.2) is 0 Å². The third-order valence-electron chi connectivity index (χ3n) is 3.46. The Hall–Kier alpha value is -0.700. The summed E-state index contributed by atoms with van der Waals surface area (Å²) >= 11 is 0. The van der Waals surface area contributed by atoms with Crippen LogP contribution >= 0.6 is 0 Å². The van der Waals surface area contributed by atoms with E-state index < -0.39 is 22.2 Å². The molecule has 2 fully saturated rings. The smallest absolute Gasteiger partial charge is 0.282 e. The third-order valence-corrected chi connectivity index (χ3v) is 5.51. The maximum absolute atomic E-state index is 12.5. The van der Waals surface area contributed by atoms with E-state index in [1.54, 1.807) is 0 Å². The normalized spacial score (nSPS) is 28.1. The van der Waals surface area contributed by atoms with Crippen LogP contribution in [0.25, 0.3) is 0 Å². The molecule has 104 valence electrons. The van der Waals surface area contributed by atoms with Crippen molar-refractivity contribution >= 4 is 16.1 Å². The molecule has 3 N–H and O–H groups in total. The van der Waals surface area contributed by atoms with E-state index in [9.17, 15) is 13.2 Å². The first-order valence-corrected chi connectivity index (χ1v) is 7.70. The van der Waals surface area contributed by atoms with Gasteiger partial charge in [0.25, 0.3) is 10.2 Å². The minimum Gasteiger partial charge on any atom is -0.368 e. The van der Waals surface area contributed by atoms with E-state index in [2.05, 4.69) is 5.32 Å². The summed E-state index contributed by atoms with van der Waals surface area (Å²) in [6.07, 6.45) is 2.83. The van der Waals surface area contributed by atoms with Crippen LogP contribution in [0.3, 0.4) is 0 Å². The molecule has 18 heavy (non-hydrogen) atoms. The van der Waals surface area contributed by atoms with Crippen molar-refractivity contribution in [3.05, 3.63) is 0 Å². The first-order chi connectivity index (χ1) is 8.53. The van der Waals surface area contributed by atoms with E-state index in [0.717, 1.165) is 19.3 Å². The van der Waals surface area contributed by atoms with Crippen molar-refractivity contribution in [2.45, 2.75) is 25.3 Å². The Bertz CT molecular complexity index is 405. The van der Waals surface area contributed by atoms with Crippen molar-refractivity contribution in [1.29, 1.82) is 0 Å². The van der Waals surface area contributed by atoms with Crippen LogP contribution in [-0.2, 0) is 15.0 Å². The third kappa shape index (κ3) is 2.66. The number of nitrogens with two attached hydrogens (primary N) is 1. The molecular formula is C10H20N4O3S. The van der Waals surface area contributed by atoms with E-state index >= 15 is 0 Å². The second-order valence-corrected chi connectivity index (χ2v) is 6.58. The molecule has 8 heteroatoms. The SMILES string of the molecule is NC(=O)C1CNCCN1S(=O)(=O)N1CCCCC1. The summed E-state index contributed by atoms with van der Waals surface area (Å²) in [6, 6.07) is -0.773. The molecule has 1 unspecified atom stereocenters. The van der Waals surface area contributed by atoms with Gasteiger partial charge in [0, 0.05) is 32.7 Å². The van der Waals surface area contributed by atoms with Crippen molar-refractivity contribution in [1.82, 2.24) is 13.9 Å². The largest absolute Gasteiger partial charge is 0.368 e. The van der Waals surface area contributed by atoms with Crippen LogP contribution < -0.4 is 11.1 Å². The molecule has 1 amide bonds. The zero-order chi connectivity index (χ0) is 13.2. The Labute approximate surface area is 107 Å². The van der Waals surface area contributed by atoms with Gasteiger partial charge in [-0.15, -0.1) is 0 Å². The molecule has 0 aromatic rings. The first-order valence-electron chi connectivity index (χ1n) is 6.30. The van der Waals surface area contributed by atoms with Crippen LogP contribution in [-0.4, -0.2) is 61.7 Å². The lowest BCUT2D eigenvalue weighted by molar-refractivity contribution is -0.122. The number of primary amides is 1. The zero-order valence-electron chi connectivity index (χ0n) is 10.3. The number of nitrogens with zero attached hydrogens (tertiary/aromatic N) is 2. The summed E-state index contributed by atoms with van der Waals surface area (Å²) in [7, 11) is -3.55. The highest BCUT2D eigenvalue weighted by molar-refractivity contribution is 7.86. The van der Waals surface area contributed by atoms with E-state index in [-0.39, 0.29) is 0 Å². The summed E-state index contributed by atoms with van der Waals surface area (Å²) in [4.78, 5) is 11.4. The highest BCUT2D eigenvalue weighted by Crippen LogP contribution is 2.19. The zero-order valence-corrected chi connectivity index (χ0v) is 11.2. The average Bonchev–Trinajstić information content (AvgIpc) is 2.39. The summed E-state index contributed by atoms with van der Waals surface area (Å²) in [5.41, 5.74) is 5.28. The molecule has 0 saturated carbocycles. The van der Waals surface area contributed by atoms with Gasteiger partial charge < -0.3 is 11.1 Å². The number of hydrogen-bond donors (Lipinski definition) is 2. The summed E-state index contributed by atoms with van der Waals surface area (Å²) in [6.45, 7) is 2.22. The number of nitrogens with one attached hydrogen (secondary N) is 1. The molecule has 0 aromatic carbocycles. The van der Waals surface area contributed by atoms with Gasteiger partial charge in [-0.2, -0.15) is 17.0 Å². The van der Waals surface area contributed by atoms with Crippen molar-refractivity contribution in [3.8, 4) is 0 Å². The summed E-state index contributed by atoms with van der Waals surface area (Å²) < 4.78 is 27.7. The molecule has 0 radical (unpaired) electrons. The van der Waals surface area contributed by atoms with Gasteiger partial charge in [-0.1, -0.05) is 6.42 Å². The van der Waals surface area contributed by atoms with Crippen LogP contribution in [0.4, 0.5) is 0 Å². The highest BCUT2D eigenvalue weighted by atomic mass is 32.2.